The molecule has 1 unspecified atom stereocenters. The van der Waals surface area contributed by atoms with Crippen LogP contribution in [-0.2, 0) is 20.7 Å². The van der Waals surface area contributed by atoms with Crippen LogP contribution in [0.1, 0.15) is 39.2 Å². The zero-order chi connectivity index (χ0) is 20.9. The van der Waals surface area contributed by atoms with Gasteiger partial charge in [-0.05, 0) is 44.7 Å². The van der Waals surface area contributed by atoms with Gasteiger partial charge in [0.15, 0.2) is 0 Å². The molecule has 1 aliphatic rings. The van der Waals surface area contributed by atoms with Gasteiger partial charge < -0.3 is 14.4 Å². The van der Waals surface area contributed by atoms with Crippen LogP contribution in [0.5, 0.6) is 0 Å². The van der Waals surface area contributed by atoms with Gasteiger partial charge in [-0.2, -0.15) is 0 Å². The van der Waals surface area contributed by atoms with E-state index in [0.717, 1.165) is 48.8 Å². The Morgan fingerprint density at radius 3 is 2.66 bits per heavy atom. The molecule has 156 valence electrons. The number of carbonyl (C=O) groups excluding carboxylic acids is 1. The number of esters is 1. The lowest BCUT2D eigenvalue weighted by molar-refractivity contribution is -0.154. The highest BCUT2D eigenvalue weighted by molar-refractivity contribution is 5.70. The molecule has 1 aromatic heterocycles. The summed E-state index contributed by atoms with van der Waals surface area (Å²) in [5.74, 6) is 1.14. The van der Waals surface area contributed by atoms with Crippen molar-refractivity contribution >= 4 is 11.9 Å². The first-order chi connectivity index (χ1) is 13.8. The van der Waals surface area contributed by atoms with E-state index in [4.69, 9.17) is 9.47 Å². The molecule has 6 nitrogen and oxygen atoms in total. The van der Waals surface area contributed by atoms with Crippen molar-refractivity contribution in [3.05, 3.63) is 42.2 Å². The Labute approximate surface area is 173 Å². The van der Waals surface area contributed by atoms with Gasteiger partial charge in [-0.1, -0.05) is 24.3 Å². The normalized spacial score (nSPS) is 16.8. The van der Waals surface area contributed by atoms with E-state index >= 15 is 0 Å². The van der Waals surface area contributed by atoms with Gasteiger partial charge in [-0.25, -0.2) is 9.97 Å². The molecule has 0 bridgehead atoms. The van der Waals surface area contributed by atoms with Crippen molar-refractivity contribution in [2.75, 3.05) is 31.7 Å². The van der Waals surface area contributed by atoms with Crippen molar-refractivity contribution in [2.45, 2.75) is 45.6 Å². The van der Waals surface area contributed by atoms with E-state index in [1.807, 2.05) is 51.4 Å². The molecule has 29 heavy (non-hydrogen) atoms. The molecule has 1 fully saturated rings. The van der Waals surface area contributed by atoms with Crippen LogP contribution in [0.15, 0.2) is 36.7 Å². The highest BCUT2D eigenvalue weighted by atomic mass is 16.6. The van der Waals surface area contributed by atoms with Crippen molar-refractivity contribution < 1.29 is 14.3 Å². The Kier molecular flexibility index (Phi) is 6.85. The van der Waals surface area contributed by atoms with Crippen molar-refractivity contribution in [3.8, 4) is 11.1 Å². The minimum atomic E-state index is -0.447. The predicted octanol–water partition coefficient (Wildman–Crippen LogP) is 3.89. The summed E-state index contributed by atoms with van der Waals surface area (Å²) in [6.07, 6.45) is 5.88. The molecular weight excluding hydrogens is 366 g/mol. The van der Waals surface area contributed by atoms with Crippen LogP contribution in [-0.4, -0.2) is 48.3 Å². The largest absolute Gasteiger partial charge is 0.460 e. The average molecular weight is 398 g/mol. The van der Waals surface area contributed by atoms with E-state index < -0.39 is 5.60 Å². The predicted molar refractivity (Wildman–Crippen MR) is 114 cm³/mol. The average Bonchev–Trinajstić information content (AvgIpc) is 3.14. The van der Waals surface area contributed by atoms with Crippen molar-refractivity contribution in [3.63, 3.8) is 0 Å². The smallest absolute Gasteiger partial charge is 0.306 e. The third-order valence-electron chi connectivity index (χ3n) is 4.91. The summed E-state index contributed by atoms with van der Waals surface area (Å²) in [6, 6.07) is 8.17. The lowest BCUT2D eigenvalue weighted by Crippen LogP contribution is -2.24. The fourth-order valence-electron chi connectivity index (χ4n) is 3.56. The number of aryl methyl sites for hydroxylation is 1. The van der Waals surface area contributed by atoms with Crippen LogP contribution in [0.4, 0.5) is 5.95 Å². The first-order valence-electron chi connectivity index (χ1n) is 10.2. The molecule has 0 amide bonds. The van der Waals surface area contributed by atoms with Crippen LogP contribution < -0.4 is 4.90 Å². The Morgan fingerprint density at radius 1 is 1.21 bits per heavy atom. The molecule has 2 aromatic rings. The maximum absolute atomic E-state index is 12.0. The van der Waals surface area contributed by atoms with Crippen LogP contribution in [0.25, 0.3) is 11.1 Å². The van der Waals surface area contributed by atoms with Gasteiger partial charge in [-0.15, -0.1) is 0 Å². The standard InChI is InChI=1S/C23H31N3O3/c1-23(2,3)29-21(27)9-8-17-6-5-7-19(12-17)20-13-24-22(25-14-20)26-11-10-18(15-26)16-28-4/h5-7,12-14,18H,8-11,15-16H2,1-4H3. The summed E-state index contributed by atoms with van der Waals surface area (Å²) in [5.41, 5.74) is 2.67. The molecule has 2 heterocycles. The number of hydrogen-bond donors (Lipinski definition) is 0. The van der Waals surface area contributed by atoms with Crippen LogP contribution in [0, 0.1) is 5.92 Å². The van der Waals surface area contributed by atoms with Gasteiger partial charge in [-0.3, -0.25) is 4.79 Å². The first kappa shape index (κ1) is 21.2. The fourth-order valence-corrected chi connectivity index (χ4v) is 3.56. The minimum Gasteiger partial charge on any atom is -0.460 e. The van der Waals surface area contributed by atoms with Crippen molar-refractivity contribution in [2.24, 2.45) is 5.92 Å². The maximum atomic E-state index is 12.0. The summed E-state index contributed by atoms with van der Waals surface area (Å²) >= 11 is 0. The number of ether oxygens (including phenoxy) is 2. The summed E-state index contributed by atoms with van der Waals surface area (Å²) < 4.78 is 10.6. The Bertz CT molecular complexity index is 815. The molecule has 0 saturated carbocycles. The molecule has 1 saturated heterocycles. The highest BCUT2D eigenvalue weighted by Gasteiger charge is 2.24. The van der Waals surface area contributed by atoms with Gasteiger partial charge in [0.2, 0.25) is 5.95 Å². The topological polar surface area (TPSA) is 64.5 Å². The molecule has 0 radical (unpaired) electrons. The third-order valence-corrected chi connectivity index (χ3v) is 4.91. The van der Waals surface area contributed by atoms with Gasteiger partial charge in [0, 0.05) is 50.5 Å². The maximum Gasteiger partial charge on any atom is 0.306 e. The molecule has 6 heteroatoms. The lowest BCUT2D eigenvalue weighted by atomic mass is 10.0. The van der Waals surface area contributed by atoms with Gasteiger partial charge in [0.25, 0.3) is 0 Å². The van der Waals surface area contributed by atoms with Crippen molar-refractivity contribution in [1.82, 2.24) is 9.97 Å². The zero-order valence-electron chi connectivity index (χ0n) is 17.9. The van der Waals surface area contributed by atoms with Crippen LogP contribution in [0.2, 0.25) is 0 Å². The number of benzene rings is 1. The second kappa shape index (κ2) is 9.35. The number of hydrogen-bond acceptors (Lipinski definition) is 6. The SMILES string of the molecule is COCC1CCN(c2ncc(-c3cccc(CCC(=O)OC(C)(C)C)c3)cn2)C1. The van der Waals surface area contributed by atoms with Crippen LogP contribution in [0.3, 0.4) is 0 Å². The summed E-state index contributed by atoms with van der Waals surface area (Å²) in [4.78, 5) is 23.3. The Hall–Kier alpha value is -2.47. The number of carbonyl (C=O) groups is 1. The number of anilines is 1. The lowest BCUT2D eigenvalue weighted by Gasteiger charge is -2.19. The molecule has 0 spiro atoms. The molecule has 0 aliphatic carbocycles. The van der Waals surface area contributed by atoms with E-state index in [1.165, 1.54) is 0 Å². The number of rotatable bonds is 7. The van der Waals surface area contributed by atoms with Gasteiger partial charge in [0.05, 0.1) is 6.61 Å². The fraction of sp³-hybridized carbons (Fsp3) is 0.522. The van der Waals surface area contributed by atoms with Gasteiger partial charge in [0.1, 0.15) is 5.60 Å². The Balaban J connectivity index is 1.61. The summed E-state index contributed by atoms with van der Waals surface area (Å²) in [7, 11) is 1.75. The van der Waals surface area contributed by atoms with E-state index in [1.54, 1.807) is 7.11 Å². The molecule has 1 aliphatic heterocycles. The van der Waals surface area contributed by atoms with Crippen molar-refractivity contribution in [1.29, 1.82) is 0 Å². The van der Waals surface area contributed by atoms with Crippen LogP contribution >= 0.6 is 0 Å². The second-order valence-electron chi connectivity index (χ2n) is 8.61. The molecule has 1 aromatic carbocycles. The number of nitrogens with zero attached hydrogens (tertiary/aromatic N) is 3. The Morgan fingerprint density at radius 2 is 1.97 bits per heavy atom. The molecular formula is C23H31N3O3. The molecule has 3 rings (SSSR count). The summed E-state index contributed by atoms with van der Waals surface area (Å²) in [5, 5.41) is 0. The van der Waals surface area contributed by atoms with E-state index in [0.29, 0.717) is 18.8 Å². The number of methoxy groups -OCH3 is 1. The second-order valence-corrected chi connectivity index (χ2v) is 8.61. The number of aromatic nitrogens is 2. The summed E-state index contributed by atoms with van der Waals surface area (Å²) in [6.45, 7) is 8.34. The van der Waals surface area contributed by atoms with Gasteiger partial charge >= 0.3 is 5.97 Å². The highest BCUT2D eigenvalue weighted by Crippen LogP contribution is 2.24. The quantitative estimate of drug-likeness (QED) is 0.661. The van der Waals surface area contributed by atoms with E-state index in [9.17, 15) is 4.79 Å². The monoisotopic (exact) mass is 397 g/mol. The minimum absolute atomic E-state index is 0.173. The van der Waals surface area contributed by atoms with E-state index in [2.05, 4.69) is 20.9 Å². The first-order valence-corrected chi connectivity index (χ1v) is 10.2. The molecule has 1 atom stereocenters. The molecule has 0 N–H and O–H groups in total. The zero-order valence-corrected chi connectivity index (χ0v) is 17.9. The van der Waals surface area contributed by atoms with E-state index in [-0.39, 0.29) is 5.97 Å². The third kappa shape index (κ3) is 6.26.